The lowest BCUT2D eigenvalue weighted by Gasteiger charge is -2.20. The van der Waals surface area contributed by atoms with E-state index < -0.39 is 0 Å². The highest BCUT2D eigenvalue weighted by molar-refractivity contribution is 5.71. The molecule has 116 valence electrons. The molecule has 0 aromatic carbocycles. The maximum atomic E-state index is 10.5. The molecule has 21 heavy (non-hydrogen) atoms. The van der Waals surface area contributed by atoms with Crippen molar-refractivity contribution in [3.8, 4) is 0 Å². The van der Waals surface area contributed by atoms with E-state index in [1.807, 2.05) is 13.0 Å². The molecule has 0 N–H and O–H groups in total. The van der Waals surface area contributed by atoms with E-state index in [9.17, 15) is 4.79 Å². The van der Waals surface area contributed by atoms with Gasteiger partial charge < -0.3 is 0 Å². The summed E-state index contributed by atoms with van der Waals surface area (Å²) in [7, 11) is 0. The van der Waals surface area contributed by atoms with Gasteiger partial charge in [0.1, 0.15) is 6.29 Å². The first-order valence-electron chi connectivity index (χ1n) is 8.15. The van der Waals surface area contributed by atoms with Crippen LogP contribution in [0.1, 0.15) is 59.8 Å². The summed E-state index contributed by atoms with van der Waals surface area (Å²) in [5, 5.41) is 0. The molecule has 0 radical (unpaired) electrons. The van der Waals surface area contributed by atoms with E-state index >= 15 is 0 Å². The van der Waals surface area contributed by atoms with Gasteiger partial charge in [-0.3, -0.25) is 4.79 Å². The molecule has 0 bridgehead atoms. The topological polar surface area (TPSA) is 17.1 Å². The van der Waals surface area contributed by atoms with Crippen LogP contribution in [-0.4, -0.2) is 6.29 Å². The zero-order valence-corrected chi connectivity index (χ0v) is 14.1. The van der Waals surface area contributed by atoms with Crippen LogP contribution in [0.4, 0.5) is 0 Å². The molecule has 1 rings (SSSR count). The smallest absolute Gasteiger partial charge is 0.145 e. The Kier molecular flexibility index (Phi) is 8.04. The fourth-order valence-electron chi connectivity index (χ4n) is 2.61. The molecule has 0 fully saturated rings. The second-order valence-corrected chi connectivity index (χ2v) is 6.39. The molecule has 1 nitrogen and oxygen atoms in total. The van der Waals surface area contributed by atoms with E-state index in [0.29, 0.717) is 5.92 Å². The van der Waals surface area contributed by atoms with Crippen molar-refractivity contribution < 1.29 is 4.79 Å². The first-order valence-corrected chi connectivity index (χ1v) is 8.15. The molecule has 0 spiro atoms. The van der Waals surface area contributed by atoms with Crippen LogP contribution in [-0.2, 0) is 4.79 Å². The summed E-state index contributed by atoms with van der Waals surface area (Å²) in [6, 6.07) is 0. The van der Waals surface area contributed by atoms with Crippen LogP contribution in [0.2, 0.25) is 0 Å². The van der Waals surface area contributed by atoms with Gasteiger partial charge in [0.2, 0.25) is 0 Å². The Balaban J connectivity index is 2.39. The van der Waals surface area contributed by atoms with E-state index in [1.54, 1.807) is 0 Å². The average molecular weight is 286 g/mol. The zero-order chi connectivity index (χ0) is 15.7. The van der Waals surface area contributed by atoms with Gasteiger partial charge in [0.25, 0.3) is 0 Å². The van der Waals surface area contributed by atoms with Gasteiger partial charge in [-0.25, -0.2) is 0 Å². The molecule has 0 aromatic rings. The number of carbonyl (C=O) groups is 1. The van der Waals surface area contributed by atoms with Gasteiger partial charge in [0.05, 0.1) is 0 Å². The summed E-state index contributed by atoms with van der Waals surface area (Å²) < 4.78 is 0. The lowest BCUT2D eigenvalue weighted by molar-refractivity contribution is -0.104. The van der Waals surface area contributed by atoms with Crippen LogP contribution in [0.15, 0.2) is 47.1 Å². The van der Waals surface area contributed by atoms with Gasteiger partial charge in [0.15, 0.2) is 0 Å². The van der Waals surface area contributed by atoms with Crippen LogP contribution >= 0.6 is 0 Å². The largest absolute Gasteiger partial charge is 0.298 e. The minimum absolute atomic E-state index is 0.646. The third kappa shape index (κ3) is 7.27. The molecule has 1 aliphatic rings. The fraction of sp³-hybridized carbons (Fsp3) is 0.550. The number of carbonyl (C=O) groups excluding carboxylic acids is 1. The summed E-state index contributed by atoms with van der Waals surface area (Å²) in [6.07, 6.45) is 18.0. The SMILES string of the molecule is CC(C=O)=CCCC(C)=CCC=C(C)C1C=CC(C)CC1. The summed E-state index contributed by atoms with van der Waals surface area (Å²) >= 11 is 0. The molecule has 1 heteroatoms. The molecule has 0 amide bonds. The predicted molar refractivity (Wildman–Crippen MR) is 92.2 cm³/mol. The van der Waals surface area contributed by atoms with Gasteiger partial charge in [-0.2, -0.15) is 0 Å². The van der Waals surface area contributed by atoms with Crippen molar-refractivity contribution in [2.75, 3.05) is 0 Å². The van der Waals surface area contributed by atoms with Crippen molar-refractivity contribution in [1.82, 2.24) is 0 Å². The van der Waals surface area contributed by atoms with Gasteiger partial charge in [0, 0.05) is 0 Å². The van der Waals surface area contributed by atoms with Crippen LogP contribution < -0.4 is 0 Å². The molecule has 0 aromatic heterocycles. The Hall–Kier alpha value is -1.37. The monoisotopic (exact) mass is 286 g/mol. The van der Waals surface area contributed by atoms with Crippen LogP contribution in [0.25, 0.3) is 0 Å². The van der Waals surface area contributed by atoms with E-state index in [1.165, 1.54) is 24.0 Å². The summed E-state index contributed by atoms with van der Waals surface area (Å²) in [6.45, 7) is 8.58. The Morgan fingerprint density at radius 2 is 1.86 bits per heavy atom. The first kappa shape index (κ1) is 17.7. The molecule has 2 atom stereocenters. The van der Waals surface area contributed by atoms with Crippen molar-refractivity contribution in [2.45, 2.75) is 59.8 Å². The number of allylic oxidation sites excluding steroid dienone is 8. The van der Waals surface area contributed by atoms with Crippen LogP contribution in [0, 0.1) is 11.8 Å². The average Bonchev–Trinajstić information content (AvgIpc) is 2.47. The molecular formula is C20H30O. The second-order valence-electron chi connectivity index (χ2n) is 6.39. The predicted octanol–water partition coefficient (Wildman–Crippen LogP) is 5.80. The van der Waals surface area contributed by atoms with Gasteiger partial charge in [-0.05, 0) is 70.3 Å². The van der Waals surface area contributed by atoms with E-state index in [-0.39, 0.29) is 0 Å². The third-order valence-corrected chi connectivity index (χ3v) is 4.29. The van der Waals surface area contributed by atoms with Gasteiger partial charge >= 0.3 is 0 Å². The number of hydrogen-bond donors (Lipinski definition) is 0. The summed E-state index contributed by atoms with van der Waals surface area (Å²) in [4.78, 5) is 10.5. The van der Waals surface area contributed by atoms with Crippen molar-refractivity contribution in [2.24, 2.45) is 11.8 Å². The van der Waals surface area contributed by atoms with Crippen LogP contribution in [0.3, 0.4) is 0 Å². The molecular weight excluding hydrogens is 256 g/mol. The zero-order valence-electron chi connectivity index (χ0n) is 14.1. The fourth-order valence-corrected chi connectivity index (χ4v) is 2.61. The van der Waals surface area contributed by atoms with Gasteiger partial charge in [-0.1, -0.05) is 48.5 Å². The van der Waals surface area contributed by atoms with E-state index in [2.05, 4.69) is 45.1 Å². The normalized spacial score (nSPS) is 24.3. The standard InChI is InChI=1S/C20H30O/c1-16(7-5-9-18(3)15-21)8-6-10-19(4)20-13-11-17(2)12-14-20/h8-11,13,15,17,20H,5-7,12,14H2,1-4H3. The summed E-state index contributed by atoms with van der Waals surface area (Å²) in [5.41, 5.74) is 3.73. The Morgan fingerprint density at radius 1 is 1.10 bits per heavy atom. The minimum atomic E-state index is 0.646. The Labute approximate surface area is 130 Å². The Bertz CT molecular complexity index is 448. The molecule has 2 unspecified atom stereocenters. The highest BCUT2D eigenvalue weighted by Crippen LogP contribution is 2.27. The lowest BCUT2D eigenvalue weighted by atomic mass is 9.85. The van der Waals surface area contributed by atoms with E-state index in [4.69, 9.17) is 0 Å². The maximum absolute atomic E-state index is 10.5. The number of hydrogen-bond acceptors (Lipinski definition) is 1. The van der Waals surface area contributed by atoms with Crippen molar-refractivity contribution in [1.29, 1.82) is 0 Å². The molecule has 0 heterocycles. The Morgan fingerprint density at radius 3 is 2.48 bits per heavy atom. The van der Waals surface area contributed by atoms with Crippen molar-refractivity contribution in [3.05, 3.63) is 47.1 Å². The first-order chi connectivity index (χ1) is 10.0. The molecule has 0 aliphatic heterocycles. The van der Waals surface area contributed by atoms with Crippen LogP contribution in [0.5, 0.6) is 0 Å². The number of aldehydes is 1. The lowest BCUT2D eigenvalue weighted by Crippen LogP contribution is -2.07. The quantitative estimate of drug-likeness (QED) is 0.328. The van der Waals surface area contributed by atoms with Crippen molar-refractivity contribution in [3.63, 3.8) is 0 Å². The van der Waals surface area contributed by atoms with Gasteiger partial charge in [-0.15, -0.1) is 0 Å². The maximum Gasteiger partial charge on any atom is 0.145 e. The third-order valence-electron chi connectivity index (χ3n) is 4.29. The minimum Gasteiger partial charge on any atom is -0.298 e. The molecule has 0 saturated heterocycles. The van der Waals surface area contributed by atoms with E-state index in [0.717, 1.165) is 37.0 Å². The number of rotatable bonds is 7. The highest BCUT2D eigenvalue weighted by Gasteiger charge is 2.13. The molecule has 1 aliphatic carbocycles. The van der Waals surface area contributed by atoms with Crippen molar-refractivity contribution >= 4 is 6.29 Å². The second kappa shape index (κ2) is 9.55. The summed E-state index contributed by atoms with van der Waals surface area (Å²) in [5.74, 6) is 1.40. The highest BCUT2D eigenvalue weighted by atomic mass is 16.1. The molecule has 0 saturated carbocycles.